The zero-order valence-corrected chi connectivity index (χ0v) is 29.8. The van der Waals surface area contributed by atoms with Gasteiger partial charge in [-0.2, -0.15) is 0 Å². The molecule has 0 spiro atoms. The van der Waals surface area contributed by atoms with Crippen LogP contribution in [0.15, 0.2) is 51.3 Å². The molecule has 0 bridgehead atoms. The summed E-state index contributed by atoms with van der Waals surface area (Å²) in [5.74, 6) is 0.600. The molecule has 0 saturated heterocycles. The Kier molecular flexibility index (Phi) is 10.2. The maximum Gasteiger partial charge on any atom is -1.00 e. The molecule has 0 heterocycles. The molecule has 4 rings (SSSR count). The van der Waals surface area contributed by atoms with Crippen LogP contribution < -0.4 is 28.1 Å². The van der Waals surface area contributed by atoms with Crippen LogP contribution in [-0.2, 0) is 38.5 Å². The van der Waals surface area contributed by atoms with E-state index in [1.807, 2.05) is 0 Å². The van der Waals surface area contributed by atoms with Crippen LogP contribution >= 0.6 is 0 Å². The summed E-state index contributed by atoms with van der Waals surface area (Å²) in [6, 6.07) is 12.2. The summed E-state index contributed by atoms with van der Waals surface area (Å²) in [4.78, 5) is 0. The van der Waals surface area contributed by atoms with Gasteiger partial charge in [0, 0.05) is 0 Å². The normalized spacial score (nSPS) is 16.3. The van der Waals surface area contributed by atoms with Crippen molar-refractivity contribution in [2.75, 3.05) is 0 Å². The van der Waals surface area contributed by atoms with Gasteiger partial charge in [0.1, 0.15) is 0 Å². The molecule has 0 radical (unpaired) electrons. The van der Waals surface area contributed by atoms with Crippen molar-refractivity contribution in [1.82, 2.24) is 0 Å². The minimum Gasteiger partial charge on any atom is -1.00 e. The quantitative estimate of drug-likeness (QED) is 0.417. The topological polar surface area (TPSA) is 0 Å². The molecule has 2 aliphatic rings. The fourth-order valence-electron chi connectivity index (χ4n) is 6.03. The summed E-state index contributed by atoms with van der Waals surface area (Å²) in [6.45, 7) is 28.7. The SMILES string of the molecule is CCC1C=C(C(C)(C)C)C=[C]1[Zr+2](=[C](C)C)[c]1c(C(C)(C)C)ccc2c1Cc1cc(C(C)(C)C)ccc1-2.[Cl-].[Cl-]. The van der Waals surface area contributed by atoms with Gasteiger partial charge in [0.15, 0.2) is 0 Å². The van der Waals surface area contributed by atoms with E-state index >= 15 is 0 Å². The van der Waals surface area contributed by atoms with Crippen LogP contribution in [-0.4, -0.2) is 3.21 Å². The van der Waals surface area contributed by atoms with Gasteiger partial charge in [0.2, 0.25) is 0 Å². The van der Waals surface area contributed by atoms with Crippen LogP contribution in [0.5, 0.6) is 0 Å². The summed E-state index contributed by atoms with van der Waals surface area (Å²) >= 11 is -2.33. The first-order chi connectivity index (χ1) is 16.5. The Labute approximate surface area is 253 Å². The summed E-state index contributed by atoms with van der Waals surface area (Å²) in [5, 5.41) is 0. The Balaban J connectivity index is 0.00000253. The van der Waals surface area contributed by atoms with Crippen molar-refractivity contribution in [3.8, 4) is 11.1 Å². The minimum absolute atomic E-state index is 0. The second kappa shape index (κ2) is 11.6. The Morgan fingerprint density at radius 2 is 1.42 bits per heavy atom. The number of rotatable bonds is 3. The van der Waals surface area contributed by atoms with E-state index in [9.17, 15) is 0 Å². The molecule has 0 N–H and O–H groups in total. The van der Waals surface area contributed by atoms with E-state index in [2.05, 4.69) is 126 Å². The van der Waals surface area contributed by atoms with Gasteiger partial charge >= 0.3 is 231 Å². The maximum atomic E-state index is 2.65. The summed E-state index contributed by atoms with van der Waals surface area (Å²) < 4.78 is 5.29. The molecule has 2 aliphatic carbocycles. The molecule has 3 heteroatoms. The van der Waals surface area contributed by atoms with Crippen LogP contribution in [0.4, 0.5) is 0 Å². The second-order valence-corrected chi connectivity index (χ2v) is 21.4. The second-order valence-electron chi connectivity index (χ2n) is 14.4. The zero-order chi connectivity index (χ0) is 26.8. The van der Waals surface area contributed by atoms with Gasteiger partial charge in [-0.1, -0.05) is 0 Å². The fraction of sp³-hybridized carbons (Fsp3) is 0.514. The van der Waals surface area contributed by atoms with Crippen molar-refractivity contribution < 1.29 is 46.1 Å². The van der Waals surface area contributed by atoms with Crippen molar-refractivity contribution in [2.45, 2.75) is 107 Å². The van der Waals surface area contributed by atoms with Gasteiger partial charge in [-0.25, -0.2) is 0 Å². The molecule has 2 aromatic carbocycles. The van der Waals surface area contributed by atoms with Crippen LogP contribution in [0.2, 0.25) is 0 Å². The average molecular weight is 631 g/mol. The predicted molar refractivity (Wildman–Crippen MR) is 157 cm³/mol. The predicted octanol–water partition coefficient (Wildman–Crippen LogP) is 3.21. The third kappa shape index (κ3) is 6.26. The number of hydrogen-bond acceptors (Lipinski definition) is 0. The molecule has 0 amide bonds. The van der Waals surface area contributed by atoms with Crippen LogP contribution in [0, 0.1) is 11.3 Å². The zero-order valence-electron chi connectivity index (χ0n) is 25.8. The third-order valence-corrected chi connectivity index (χ3v) is 16.0. The van der Waals surface area contributed by atoms with Crippen molar-refractivity contribution in [1.29, 1.82) is 0 Å². The number of halogens is 2. The average Bonchev–Trinajstić information content (AvgIpc) is 3.33. The molecule has 0 aliphatic heterocycles. The molecule has 0 nitrogen and oxygen atoms in total. The van der Waals surface area contributed by atoms with Gasteiger partial charge in [-0.15, -0.1) is 0 Å². The first-order valence-corrected chi connectivity index (χ1v) is 17.6. The number of fused-ring (bicyclic) bond motifs is 3. The standard InChI is InChI=1S/C21H25.C11H17.C3H6.2ClH.Zr/c1-20(2,3)16-7-9-18-14(12-16)11-15-13-17(21(4,5)6)8-10-19(15)18;1-5-9-6-7-10(8-9)11(2,3)4;1-3-2;;;/h7-10,12H,11H2,1-6H3;7-9H,5H2,1-4H3;1-2H3;2*1H;/q;;;;;+2/p-2. The van der Waals surface area contributed by atoms with Crippen LogP contribution in [0.3, 0.4) is 0 Å². The van der Waals surface area contributed by atoms with E-state index in [0.29, 0.717) is 5.92 Å². The molecule has 206 valence electrons. The van der Waals surface area contributed by atoms with E-state index in [1.165, 1.54) is 28.7 Å². The smallest absolute Gasteiger partial charge is 1.00 e. The van der Waals surface area contributed by atoms with Crippen molar-refractivity contribution in [3.63, 3.8) is 0 Å². The molecule has 38 heavy (non-hydrogen) atoms. The van der Waals surface area contributed by atoms with E-state index < -0.39 is 21.3 Å². The van der Waals surface area contributed by atoms with E-state index in [1.54, 1.807) is 26.5 Å². The van der Waals surface area contributed by atoms with Crippen LogP contribution in [0.25, 0.3) is 11.1 Å². The Morgan fingerprint density at radius 3 is 1.92 bits per heavy atom. The van der Waals surface area contributed by atoms with E-state index in [4.69, 9.17) is 0 Å². The van der Waals surface area contributed by atoms with Crippen molar-refractivity contribution in [3.05, 3.63) is 73.6 Å². The Bertz CT molecular complexity index is 1300. The number of benzene rings is 2. The maximum absolute atomic E-state index is 2.65. The number of hydrogen-bond donors (Lipinski definition) is 0. The number of allylic oxidation sites excluding steroid dienone is 4. The van der Waals surface area contributed by atoms with Crippen molar-refractivity contribution in [2.24, 2.45) is 11.3 Å². The molecular weight excluding hydrogens is 583 g/mol. The van der Waals surface area contributed by atoms with Crippen LogP contribution in [0.1, 0.15) is 112 Å². The molecule has 0 saturated carbocycles. The van der Waals surface area contributed by atoms with E-state index in [-0.39, 0.29) is 41.1 Å². The molecule has 0 aromatic heterocycles. The summed E-state index contributed by atoms with van der Waals surface area (Å²) in [6.07, 6.45) is 7.57. The minimum atomic E-state index is -2.33. The largest absolute Gasteiger partial charge is 1.00 e. The molecule has 1 atom stereocenters. The Hall–Kier alpha value is -0.747. The fourth-order valence-corrected chi connectivity index (χ4v) is 14.8. The van der Waals surface area contributed by atoms with Gasteiger partial charge in [-0.3, -0.25) is 0 Å². The van der Waals surface area contributed by atoms with Crippen molar-refractivity contribution >= 4 is 6.48 Å². The van der Waals surface area contributed by atoms with Gasteiger partial charge in [-0.05, 0) is 0 Å². The molecule has 0 fully saturated rings. The molecule has 1 unspecified atom stereocenters. The van der Waals surface area contributed by atoms with E-state index in [0.717, 1.165) is 6.42 Å². The summed E-state index contributed by atoms with van der Waals surface area (Å²) in [7, 11) is 0. The summed E-state index contributed by atoms with van der Waals surface area (Å²) in [5.41, 5.74) is 11.3. The Morgan fingerprint density at radius 1 is 0.816 bits per heavy atom. The third-order valence-electron chi connectivity index (χ3n) is 8.19. The molecular formula is C35H48Cl2Zr. The first-order valence-electron chi connectivity index (χ1n) is 14.0. The molecule has 2 aromatic rings. The monoisotopic (exact) mass is 628 g/mol. The van der Waals surface area contributed by atoms with Gasteiger partial charge < -0.3 is 24.8 Å². The van der Waals surface area contributed by atoms with Gasteiger partial charge in [0.05, 0.1) is 0 Å². The van der Waals surface area contributed by atoms with Gasteiger partial charge in [0.25, 0.3) is 0 Å². The first kappa shape index (κ1) is 33.5.